The lowest BCUT2D eigenvalue weighted by Gasteiger charge is -2.41. The summed E-state index contributed by atoms with van der Waals surface area (Å²) in [4.78, 5) is 28.6. The molecule has 48 heavy (non-hydrogen) atoms. The number of nitrogens with one attached hydrogen (secondary N) is 1. The van der Waals surface area contributed by atoms with Gasteiger partial charge in [0.1, 0.15) is 11.6 Å². The predicted molar refractivity (Wildman–Crippen MR) is 192 cm³/mol. The van der Waals surface area contributed by atoms with Crippen LogP contribution in [0.4, 0.5) is 19.3 Å². The molecule has 0 radical (unpaired) electrons. The molecular formula is C38H48F2N4O3Si. The Morgan fingerprint density at radius 2 is 1.67 bits per heavy atom. The number of aromatic nitrogens is 1. The van der Waals surface area contributed by atoms with Gasteiger partial charge in [-0.05, 0) is 72.0 Å². The summed E-state index contributed by atoms with van der Waals surface area (Å²) < 4.78 is 36.9. The molecule has 2 amide bonds. The van der Waals surface area contributed by atoms with E-state index in [0.717, 1.165) is 29.4 Å². The van der Waals surface area contributed by atoms with E-state index in [4.69, 9.17) is 10.5 Å². The van der Waals surface area contributed by atoms with E-state index < -0.39 is 37.3 Å². The smallest absolute Gasteiger partial charge is 0.407 e. The van der Waals surface area contributed by atoms with E-state index in [2.05, 4.69) is 45.7 Å². The molecule has 0 aliphatic carbocycles. The number of ether oxygens (including phenoxy) is 1. The number of alkyl carbamates (subject to hydrolysis) is 1. The minimum absolute atomic E-state index is 0.143. The second-order valence-corrected chi connectivity index (χ2v) is 20.1. The first kappa shape index (κ1) is 36.4. The average molecular weight is 675 g/mol. The molecular weight excluding hydrogens is 627 g/mol. The summed E-state index contributed by atoms with van der Waals surface area (Å²) >= 11 is 0. The molecule has 256 valence electrons. The van der Waals surface area contributed by atoms with E-state index in [1.165, 1.54) is 6.07 Å². The molecule has 1 heterocycles. The van der Waals surface area contributed by atoms with Crippen LogP contribution in [0.15, 0.2) is 85.1 Å². The van der Waals surface area contributed by atoms with Crippen molar-refractivity contribution in [2.75, 3.05) is 25.4 Å². The molecule has 4 rings (SSSR count). The second kappa shape index (κ2) is 15.6. The third-order valence-electron chi connectivity index (χ3n) is 8.13. The van der Waals surface area contributed by atoms with Crippen LogP contribution in [0.5, 0.6) is 0 Å². The molecule has 10 heteroatoms. The largest absolute Gasteiger partial charge is 0.450 e. The molecule has 1 atom stereocenters. The fourth-order valence-corrected chi connectivity index (χ4v) is 6.41. The van der Waals surface area contributed by atoms with Gasteiger partial charge in [-0.3, -0.25) is 4.79 Å². The third kappa shape index (κ3) is 10.0. The van der Waals surface area contributed by atoms with E-state index in [1.807, 2.05) is 52.1 Å². The molecule has 0 saturated heterocycles. The summed E-state index contributed by atoms with van der Waals surface area (Å²) in [5.41, 5.74) is 8.89. The van der Waals surface area contributed by atoms with Crippen LogP contribution in [0.3, 0.4) is 0 Å². The lowest BCUT2D eigenvalue weighted by atomic mass is 9.82. The molecule has 0 aliphatic heterocycles. The highest BCUT2D eigenvalue weighted by molar-refractivity contribution is 6.76. The maximum Gasteiger partial charge on any atom is 0.407 e. The van der Waals surface area contributed by atoms with E-state index in [0.29, 0.717) is 49.5 Å². The Kier molecular flexibility index (Phi) is 11.9. The fraction of sp³-hybridized carbons (Fsp3) is 0.368. The van der Waals surface area contributed by atoms with Gasteiger partial charge in [-0.25, -0.2) is 13.6 Å². The normalized spacial score (nSPS) is 12.4. The number of amides is 2. The zero-order valence-corrected chi connectivity index (χ0v) is 29.9. The summed E-state index contributed by atoms with van der Waals surface area (Å²) in [5.74, 6) is -1.29. The zero-order valence-electron chi connectivity index (χ0n) is 28.9. The number of rotatable bonds is 13. The summed E-state index contributed by atoms with van der Waals surface area (Å²) in [6.07, 6.45) is 1.81. The maximum absolute atomic E-state index is 15.1. The van der Waals surface area contributed by atoms with Crippen LogP contribution in [-0.4, -0.2) is 49.2 Å². The Morgan fingerprint density at radius 1 is 0.979 bits per heavy atom. The van der Waals surface area contributed by atoms with Crippen LogP contribution in [0.2, 0.25) is 25.7 Å². The predicted octanol–water partition coefficient (Wildman–Crippen LogP) is 8.75. The van der Waals surface area contributed by atoms with Crippen LogP contribution in [0, 0.1) is 17.0 Å². The van der Waals surface area contributed by atoms with Crippen molar-refractivity contribution in [3.8, 4) is 11.1 Å². The standard InChI is InChI=1S/C38H48F2N4O3Si/c1-38(2,3)35(34-23-29(32-24-30(39)15-18-33(32)40)26-43(34)25-27-11-8-7-9-12-27)44(36(45)28-13-16-31(41)17-14-28)20-10-19-42-37(46)47-21-22-48(4,5)6/h7-9,11-18,23-24,26,35H,10,19-22,25,41H2,1-6H3,(H,42,46). The molecule has 1 aromatic heterocycles. The Labute approximate surface area is 284 Å². The lowest BCUT2D eigenvalue weighted by Crippen LogP contribution is -2.43. The number of benzene rings is 3. The summed E-state index contributed by atoms with van der Waals surface area (Å²) in [6, 6.07) is 22.3. The van der Waals surface area contributed by atoms with Crippen molar-refractivity contribution in [2.24, 2.45) is 5.41 Å². The highest BCUT2D eigenvalue weighted by Crippen LogP contribution is 2.41. The van der Waals surface area contributed by atoms with Crippen molar-refractivity contribution in [3.63, 3.8) is 0 Å². The van der Waals surface area contributed by atoms with Crippen molar-refractivity contribution >= 4 is 25.8 Å². The van der Waals surface area contributed by atoms with Gasteiger partial charge in [0.25, 0.3) is 5.91 Å². The Hall–Kier alpha value is -4.44. The van der Waals surface area contributed by atoms with Crippen LogP contribution in [0.1, 0.15) is 54.8 Å². The molecule has 0 bridgehead atoms. The van der Waals surface area contributed by atoms with Crippen LogP contribution < -0.4 is 11.1 Å². The van der Waals surface area contributed by atoms with E-state index >= 15 is 4.39 Å². The van der Waals surface area contributed by atoms with E-state index in [-0.39, 0.29) is 11.5 Å². The Bertz CT molecular complexity index is 1680. The van der Waals surface area contributed by atoms with E-state index in [9.17, 15) is 14.0 Å². The van der Waals surface area contributed by atoms with Gasteiger partial charge in [-0.1, -0.05) is 70.7 Å². The van der Waals surface area contributed by atoms with Gasteiger partial charge >= 0.3 is 6.09 Å². The summed E-state index contributed by atoms with van der Waals surface area (Å²) in [5, 5.41) is 2.83. The van der Waals surface area contributed by atoms with Crippen molar-refractivity contribution < 1.29 is 23.1 Å². The number of halogens is 2. The number of nitrogen functional groups attached to an aromatic ring is 1. The number of nitrogens with zero attached hydrogens (tertiary/aromatic N) is 2. The number of carbonyl (C=O) groups is 2. The van der Waals surface area contributed by atoms with Crippen LogP contribution >= 0.6 is 0 Å². The second-order valence-electron chi connectivity index (χ2n) is 14.5. The first-order chi connectivity index (χ1) is 22.6. The fourth-order valence-electron chi connectivity index (χ4n) is 5.69. The topological polar surface area (TPSA) is 89.6 Å². The minimum atomic E-state index is -1.34. The molecule has 1 unspecified atom stereocenters. The van der Waals surface area contributed by atoms with Gasteiger partial charge in [0, 0.05) is 62.0 Å². The monoisotopic (exact) mass is 674 g/mol. The quantitative estimate of drug-likeness (QED) is 0.0843. The van der Waals surface area contributed by atoms with Gasteiger partial charge in [0.15, 0.2) is 0 Å². The Morgan fingerprint density at radius 3 is 2.31 bits per heavy atom. The highest BCUT2D eigenvalue weighted by atomic mass is 28.3. The Balaban J connectivity index is 1.73. The average Bonchev–Trinajstić information content (AvgIpc) is 3.41. The summed E-state index contributed by atoms with van der Waals surface area (Å²) in [7, 11) is -1.34. The van der Waals surface area contributed by atoms with Crippen LogP contribution in [0.25, 0.3) is 11.1 Å². The van der Waals surface area contributed by atoms with Crippen LogP contribution in [-0.2, 0) is 11.3 Å². The maximum atomic E-state index is 15.1. The zero-order chi connectivity index (χ0) is 35.1. The lowest BCUT2D eigenvalue weighted by molar-refractivity contribution is 0.0491. The van der Waals surface area contributed by atoms with Crippen molar-refractivity contribution in [2.45, 2.75) is 65.5 Å². The van der Waals surface area contributed by atoms with Crippen molar-refractivity contribution in [3.05, 3.63) is 114 Å². The summed E-state index contributed by atoms with van der Waals surface area (Å²) in [6.45, 7) is 14.3. The molecule has 0 fully saturated rings. The molecule has 0 saturated carbocycles. The molecule has 4 aromatic rings. The molecule has 0 aliphatic rings. The minimum Gasteiger partial charge on any atom is -0.450 e. The van der Waals surface area contributed by atoms with Gasteiger partial charge in [-0.15, -0.1) is 0 Å². The van der Waals surface area contributed by atoms with Gasteiger partial charge in [-0.2, -0.15) is 0 Å². The molecule has 3 N–H and O–H groups in total. The first-order valence-corrected chi connectivity index (χ1v) is 20.1. The van der Waals surface area contributed by atoms with Gasteiger partial charge in [0.05, 0.1) is 12.6 Å². The molecule has 7 nitrogen and oxygen atoms in total. The number of hydrogen-bond acceptors (Lipinski definition) is 4. The SMILES string of the molecule is CC(C)(C)C(c1cc(-c2cc(F)ccc2F)cn1Cc1ccccc1)N(CCCNC(=O)OCC[Si](C)(C)C)C(=O)c1ccc(N)cc1. The number of anilines is 1. The first-order valence-electron chi connectivity index (χ1n) is 16.4. The molecule has 3 aromatic carbocycles. The van der Waals surface area contributed by atoms with Gasteiger partial charge < -0.3 is 25.3 Å². The highest BCUT2D eigenvalue weighted by Gasteiger charge is 2.37. The number of hydrogen-bond donors (Lipinski definition) is 2. The van der Waals surface area contributed by atoms with Gasteiger partial charge in [0.2, 0.25) is 0 Å². The van der Waals surface area contributed by atoms with Crippen molar-refractivity contribution in [1.82, 2.24) is 14.8 Å². The van der Waals surface area contributed by atoms with Crippen molar-refractivity contribution in [1.29, 1.82) is 0 Å². The van der Waals surface area contributed by atoms with E-state index in [1.54, 1.807) is 24.3 Å². The third-order valence-corrected chi connectivity index (χ3v) is 9.83. The number of nitrogens with two attached hydrogens (primary N) is 1. The number of carbonyl (C=O) groups excluding carboxylic acids is 2. The molecule has 0 spiro atoms.